The number of pyridine rings is 1. The van der Waals surface area contributed by atoms with Gasteiger partial charge >= 0.3 is 0 Å². The lowest BCUT2D eigenvalue weighted by Crippen LogP contribution is -2.47. The SMILES string of the molecule is CN=C(NCc1ccc(N2CCOC(C)C2)nc1)NC(C)(C)C.I. The smallest absolute Gasteiger partial charge is 0.191 e. The van der Waals surface area contributed by atoms with Crippen molar-refractivity contribution in [2.24, 2.45) is 4.99 Å². The summed E-state index contributed by atoms with van der Waals surface area (Å²) in [4.78, 5) is 11.1. The summed E-state index contributed by atoms with van der Waals surface area (Å²) >= 11 is 0. The van der Waals surface area contributed by atoms with Crippen LogP contribution in [0.1, 0.15) is 33.3 Å². The third-order valence-electron chi connectivity index (χ3n) is 3.55. The first-order chi connectivity index (χ1) is 10.9. The molecule has 1 fully saturated rings. The van der Waals surface area contributed by atoms with Gasteiger partial charge in [0.05, 0.1) is 12.7 Å². The quantitative estimate of drug-likeness (QED) is 0.424. The predicted octanol–water partition coefficient (Wildman–Crippen LogP) is 2.39. The molecule has 136 valence electrons. The number of rotatable bonds is 3. The van der Waals surface area contributed by atoms with Gasteiger partial charge in [0.15, 0.2) is 5.96 Å². The van der Waals surface area contributed by atoms with E-state index in [9.17, 15) is 0 Å². The van der Waals surface area contributed by atoms with Crippen LogP contribution in [0.5, 0.6) is 0 Å². The number of guanidine groups is 1. The number of nitrogens with one attached hydrogen (secondary N) is 2. The Morgan fingerprint density at radius 2 is 2.17 bits per heavy atom. The third kappa shape index (κ3) is 6.80. The Morgan fingerprint density at radius 3 is 2.71 bits per heavy atom. The second-order valence-corrected chi connectivity index (χ2v) is 6.95. The highest BCUT2D eigenvalue weighted by atomic mass is 127. The van der Waals surface area contributed by atoms with E-state index in [1.807, 2.05) is 6.20 Å². The largest absolute Gasteiger partial charge is 0.375 e. The number of aromatic nitrogens is 1. The normalized spacial score (nSPS) is 18.8. The van der Waals surface area contributed by atoms with Gasteiger partial charge in [0, 0.05) is 38.4 Å². The van der Waals surface area contributed by atoms with Gasteiger partial charge in [-0.05, 0) is 39.3 Å². The van der Waals surface area contributed by atoms with Crippen molar-refractivity contribution in [3.8, 4) is 0 Å². The molecular formula is C17H30IN5O. The number of morpholine rings is 1. The van der Waals surface area contributed by atoms with Gasteiger partial charge in [0.25, 0.3) is 0 Å². The summed E-state index contributed by atoms with van der Waals surface area (Å²) in [5, 5.41) is 6.65. The average molecular weight is 447 g/mol. The molecule has 1 saturated heterocycles. The molecule has 2 rings (SSSR count). The van der Waals surface area contributed by atoms with E-state index >= 15 is 0 Å². The van der Waals surface area contributed by atoms with E-state index in [1.165, 1.54) is 0 Å². The van der Waals surface area contributed by atoms with Crippen LogP contribution in [0.4, 0.5) is 5.82 Å². The Morgan fingerprint density at radius 1 is 1.42 bits per heavy atom. The summed E-state index contributed by atoms with van der Waals surface area (Å²) in [5.74, 6) is 1.81. The van der Waals surface area contributed by atoms with Crippen LogP contribution >= 0.6 is 24.0 Å². The molecule has 1 atom stereocenters. The lowest BCUT2D eigenvalue weighted by molar-refractivity contribution is 0.0529. The molecule has 0 amide bonds. The average Bonchev–Trinajstić information content (AvgIpc) is 2.51. The van der Waals surface area contributed by atoms with Crippen molar-refractivity contribution in [2.75, 3.05) is 31.6 Å². The topological polar surface area (TPSA) is 61.8 Å². The van der Waals surface area contributed by atoms with Crippen molar-refractivity contribution in [3.05, 3.63) is 23.9 Å². The molecule has 2 heterocycles. The molecule has 0 saturated carbocycles. The van der Waals surface area contributed by atoms with Crippen LogP contribution in [0.3, 0.4) is 0 Å². The number of halogens is 1. The lowest BCUT2D eigenvalue weighted by Gasteiger charge is -2.32. The fourth-order valence-electron chi connectivity index (χ4n) is 2.45. The molecule has 2 N–H and O–H groups in total. The maximum atomic E-state index is 5.57. The maximum Gasteiger partial charge on any atom is 0.191 e. The van der Waals surface area contributed by atoms with Gasteiger partial charge in [-0.25, -0.2) is 4.98 Å². The molecule has 24 heavy (non-hydrogen) atoms. The monoisotopic (exact) mass is 447 g/mol. The first-order valence-corrected chi connectivity index (χ1v) is 8.18. The predicted molar refractivity (Wildman–Crippen MR) is 110 cm³/mol. The lowest BCUT2D eigenvalue weighted by atomic mass is 10.1. The molecular weight excluding hydrogens is 417 g/mol. The van der Waals surface area contributed by atoms with Crippen molar-refractivity contribution in [3.63, 3.8) is 0 Å². The molecule has 1 aromatic heterocycles. The second kappa shape index (κ2) is 9.41. The molecule has 0 bridgehead atoms. The third-order valence-corrected chi connectivity index (χ3v) is 3.55. The highest BCUT2D eigenvalue weighted by Gasteiger charge is 2.17. The maximum absolute atomic E-state index is 5.57. The highest BCUT2D eigenvalue weighted by molar-refractivity contribution is 14.0. The molecule has 0 aliphatic carbocycles. The molecule has 1 aliphatic rings. The van der Waals surface area contributed by atoms with Gasteiger partial charge < -0.3 is 20.3 Å². The van der Waals surface area contributed by atoms with Gasteiger partial charge in [-0.2, -0.15) is 0 Å². The molecule has 7 heteroatoms. The Labute approximate surface area is 162 Å². The van der Waals surface area contributed by atoms with E-state index < -0.39 is 0 Å². The Hall–Kier alpha value is -1.09. The van der Waals surface area contributed by atoms with E-state index in [1.54, 1.807) is 7.05 Å². The molecule has 1 aliphatic heterocycles. The van der Waals surface area contributed by atoms with Gasteiger partial charge in [0.1, 0.15) is 5.82 Å². The zero-order valence-electron chi connectivity index (χ0n) is 15.3. The van der Waals surface area contributed by atoms with Gasteiger partial charge in [0.2, 0.25) is 0 Å². The minimum atomic E-state index is -0.0169. The summed E-state index contributed by atoms with van der Waals surface area (Å²) in [7, 11) is 1.78. The van der Waals surface area contributed by atoms with E-state index in [2.05, 4.69) is 65.3 Å². The van der Waals surface area contributed by atoms with Crippen molar-refractivity contribution >= 4 is 35.8 Å². The van der Waals surface area contributed by atoms with Gasteiger partial charge in [-0.15, -0.1) is 24.0 Å². The van der Waals surface area contributed by atoms with Crippen LogP contribution in [0.2, 0.25) is 0 Å². The molecule has 0 spiro atoms. The summed E-state index contributed by atoms with van der Waals surface area (Å²) < 4.78 is 5.57. The minimum absolute atomic E-state index is 0. The fourth-order valence-corrected chi connectivity index (χ4v) is 2.45. The number of hydrogen-bond acceptors (Lipinski definition) is 4. The number of anilines is 1. The summed E-state index contributed by atoms with van der Waals surface area (Å²) in [6, 6.07) is 4.19. The van der Waals surface area contributed by atoms with Crippen LogP contribution in [-0.2, 0) is 11.3 Å². The van der Waals surface area contributed by atoms with E-state index in [-0.39, 0.29) is 35.6 Å². The van der Waals surface area contributed by atoms with Crippen LogP contribution in [0.15, 0.2) is 23.3 Å². The molecule has 1 aromatic rings. The van der Waals surface area contributed by atoms with Crippen LogP contribution < -0.4 is 15.5 Å². The van der Waals surface area contributed by atoms with Crippen molar-refractivity contribution in [1.29, 1.82) is 0 Å². The molecule has 0 aromatic carbocycles. The van der Waals surface area contributed by atoms with Crippen LogP contribution in [0, 0.1) is 0 Å². The van der Waals surface area contributed by atoms with E-state index in [0.717, 1.165) is 37.0 Å². The van der Waals surface area contributed by atoms with E-state index in [4.69, 9.17) is 4.74 Å². The minimum Gasteiger partial charge on any atom is -0.375 e. The number of nitrogens with zero attached hydrogens (tertiary/aromatic N) is 3. The van der Waals surface area contributed by atoms with Crippen LogP contribution in [-0.4, -0.2) is 49.3 Å². The Balaban J connectivity index is 0.00000288. The van der Waals surface area contributed by atoms with Crippen molar-refractivity contribution in [1.82, 2.24) is 15.6 Å². The number of hydrogen-bond donors (Lipinski definition) is 2. The van der Waals surface area contributed by atoms with Gasteiger partial charge in [-0.1, -0.05) is 6.07 Å². The van der Waals surface area contributed by atoms with Crippen LogP contribution in [0.25, 0.3) is 0 Å². The fraction of sp³-hybridized carbons (Fsp3) is 0.647. The zero-order valence-corrected chi connectivity index (χ0v) is 17.6. The second-order valence-electron chi connectivity index (χ2n) is 6.95. The van der Waals surface area contributed by atoms with Crippen molar-refractivity contribution in [2.45, 2.75) is 45.9 Å². The highest BCUT2D eigenvalue weighted by Crippen LogP contribution is 2.15. The number of aliphatic imine (C=N–C) groups is 1. The standard InChI is InChI=1S/C17H29N5O.HI/c1-13-12-22(8-9-23-13)15-7-6-14(10-19-15)11-20-16(18-5)21-17(2,3)4;/h6-7,10,13H,8-9,11-12H2,1-5H3,(H2,18,20,21);1H. The molecule has 0 radical (unpaired) electrons. The number of ether oxygens (including phenoxy) is 1. The zero-order chi connectivity index (χ0) is 16.9. The first kappa shape index (κ1) is 21.0. The Bertz CT molecular complexity index is 527. The van der Waals surface area contributed by atoms with Crippen molar-refractivity contribution < 1.29 is 4.74 Å². The molecule has 6 nitrogen and oxygen atoms in total. The van der Waals surface area contributed by atoms with Gasteiger partial charge in [-0.3, -0.25) is 4.99 Å². The molecule has 1 unspecified atom stereocenters. The Kier molecular flexibility index (Phi) is 8.21. The first-order valence-electron chi connectivity index (χ1n) is 8.18. The summed E-state index contributed by atoms with van der Waals surface area (Å²) in [5.41, 5.74) is 1.11. The summed E-state index contributed by atoms with van der Waals surface area (Å²) in [6.45, 7) is 11.7. The van der Waals surface area contributed by atoms with E-state index in [0.29, 0.717) is 6.54 Å². The summed E-state index contributed by atoms with van der Waals surface area (Å²) in [6.07, 6.45) is 2.19.